The van der Waals surface area contributed by atoms with Crippen LogP contribution in [0.2, 0.25) is 5.02 Å². The van der Waals surface area contributed by atoms with Gasteiger partial charge in [-0.3, -0.25) is 0 Å². The summed E-state index contributed by atoms with van der Waals surface area (Å²) in [5.41, 5.74) is 4.25. The number of carbonyl (C=O) groups excluding carboxylic acids is 1. The number of carbonyl (C=O) groups is 1. The summed E-state index contributed by atoms with van der Waals surface area (Å²) in [7, 11) is 1.53. The second-order valence-electron chi connectivity index (χ2n) is 7.31. The molecule has 2 aromatic heterocycles. The molecule has 2 heterocycles. The van der Waals surface area contributed by atoms with Crippen molar-refractivity contribution in [2.75, 3.05) is 20.3 Å². The lowest BCUT2D eigenvalue weighted by molar-refractivity contribution is -0.124. The maximum atomic E-state index is 12.1. The molecular weight excluding hydrogens is 444 g/mol. The lowest BCUT2D eigenvalue weighted by atomic mass is 9.98. The summed E-state index contributed by atoms with van der Waals surface area (Å²) in [6.07, 6.45) is 0.605. The molecule has 0 aliphatic heterocycles. The van der Waals surface area contributed by atoms with E-state index in [1.807, 2.05) is 43.3 Å². The van der Waals surface area contributed by atoms with E-state index >= 15 is 0 Å². The van der Waals surface area contributed by atoms with Gasteiger partial charge in [0.05, 0.1) is 23.9 Å². The summed E-state index contributed by atoms with van der Waals surface area (Å²) in [4.78, 5) is 19.9. The lowest BCUT2D eigenvalue weighted by Crippen LogP contribution is -2.15. The van der Waals surface area contributed by atoms with Gasteiger partial charge in [-0.2, -0.15) is 0 Å². The largest absolute Gasteiger partial charge is 0.515 e. The predicted molar refractivity (Wildman–Crippen MR) is 127 cm³/mol. The molecule has 0 aliphatic carbocycles. The Hall–Kier alpha value is -3.13. The molecule has 1 unspecified atom stereocenters. The standard InChI is InChI=1S/C25H25ClN2O5/c1-4-31-24(30-3)22-21-19(14-27-23(22)33-25(29)32-5-2)28-18-12-8-10-16(20(18)21)13-15-9-6-7-11-17(15)26/h6-12,14,24,28H,4-5,13H2,1-3H3. The third-order valence-electron chi connectivity index (χ3n) is 5.30. The van der Waals surface area contributed by atoms with E-state index in [1.54, 1.807) is 13.1 Å². The van der Waals surface area contributed by atoms with E-state index in [2.05, 4.69) is 16.0 Å². The molecule has 1 atom stereocenters. The number of fused-ring (bicyclic) bond motifs is 3. The van der Waals surface area contributed by atoms with Gasteiger partial charge in [0.25, 0.3) is 0 Å². The number of halogens is 1. The average molecular weight is 469 g/mol. The van der Waals surface area contributed by atoms with Crippen LogP contribution in [0, 0.1) is 0 Å². The van der Waals surface area contributed by atoms with Gasteiger partial charge in [0.2, 0.25) is 5.88 Å². The Kier molecular flexibility index (Phi) is 7.13. The molecule has 4 aromatic rings. The monoisotopic (exact) mass is 468 g/mol. The Morgan fingerprint density at radius 2 is 1.82 bits per heavy atom. The van der Waals surface area contributed by atoms with Gasteiger partial charge >= 0.3 is 6.16 Å². The van der Waals surface area contributed by atoms with Crippen LogP contribution in [0.15, 0.2) is 48.7 Å². The zero-order valence-electron chi connectivity index (χ0n) is 18.7. The van der Waals surface area contributed by atoms with Crippen molar-refractivity contribution < 1.29 is 23.7 Å². The van der Waals surface area contributed by atoms with E-state index in [1.165, 1.54) is 7.11 Å². The molecule has 0 aliphatic rings. The van der Waals surface area contributed by atoms with Gasteiger partial charge in [0.1, 0.15) is 0 Å². The van der Waals surface area contributed by atoms with Crippen LogP contribution < -0.4 is 4.74 Å². The molecular formula is C25H25ClN2O5. The highest BCUT2D eigenvalue weighted by molar-refractivity contribution is 6.31. The number of methoxy groups -OCH3 is 1. The predicted octanol–water partition coefficient (Wildman–Crippen LogP) is 6.18. The number of rotatable bonds is 8. The van der Waals surface area contributed by atoms with Crippen molar-refractivity contribution in [2.24, 2.45) is 0 Å². The van der Waals surface area contributed by atoms with E-state index in [4.69, 9.17) is 30.5 Å². The summed E-state index contributed by atoms with van der Waals surface area (Å²) in [5.74, 6) is 0.0784. The van der Waals surface area contributed by atoms with Gasteiger partial charge in [-0.1, -0.05) is 41.9 Å². The minimum Gasteiger partial charge on any atom is -0.434 e. The van der Waals surface area contributed by atoms with Crippen LogP contribution in [0.25, 0.3) is 21.8 Å². The van der Waals surface area contributed by atoms with Crippen LogP contribution >= 0.6 is 11.6 Å². The minimum atomic E-state index is -0.840. The molecule has 0 bridgehead atoms. The first kappa shape index (κ1) is 23.0. The third-order valence-corrected chi connectivity index (χ3v) is 5.67. The molecule has 2 aromatic carbocycles. The van der Waals surface area contributed by atoms with Crippen molar-refractivity contribution in [2.45, 2.75) is 26.6 Å². The van der Waals surface area contributed by atoms with Gasteiger partial charge < -0.3 is 23.9 Å². The van der Waals surface area contributed by atoms with Gasteiger partial charge in [-0.05, 0) is 43.5 Å². The Morgan fingerprint density at radius 1 is 1.03 bits per heavy atom. The number of nitrogens with one attached hydrogen (secondary N) is 1. The normalized spacial score (nSPS) is 12.2. The summed E-state index contributed by atoms with van der Waals surface area (Å²) in [5, 5.41) is 2.47. The molecule has 7 nitrogen and oxygen atoms in total. The van der Waals surface area contributed by atoms with Crippen LogP contribution in [0.3, 0.4) is 0 Å². The first-order chi connectivity index (χ1) is 16.1. The van der Waals surface area contributed by atoms with E-state index < -0.39 is 12.4 Å². The lowest BCUT2D eigenvalue weighted by Gasteiger charge is -2.19. The minimum absolute atomic E-state index is 0.0784. The first-order valence-corrected chi connectivity index (χ1v) is 11.1. The molecule has 8 heteroatoms. The number of H-pyrrole nitrogens is 1. The average Bonchev–Trinajstić information content (AvgIpc) is 3.19. The topological polar surface area (TPSA) is 82.7 Å². The quantitative estimate of drug-likeness (QED) is 0.245. The first-order valence-electron chi connectivity index (χ1n) is 10.7. The molecule has 4 rings (SSSR count). The second-order valence-corrected chi connectivity index (χ2v) is 7.71. The number of ether oxygens (including phenoxy) is 4. The fourth-order valence-corrected chi connectivity index (χ4v) is 4.16. The maximum Gasteiger partial charge on any atom is 0.515 e. The van der Waals surface area contributed by atoms with Crippen molar-refractivity contribution in [3.05, 3.63) is 70.4 Å². The fraction of sp³-hybridized carbons (Fsp3) is 0.280. The van der Waals surface area contributed by atoms with Crippen molar-refractivity contribution in [3.8, 4) is 5.88 Å². The summed E-state index contributed by atoms with van der Waals surface area (Å²) in [6, 6.07) is 13.8. The highest BCUT2D eigenvalue weighted by Crippen LogP contribution is 2.40. The summed E-state index contributed by atoms with van der Waals surface area (Å²) < 4.78 is 21.9. The molecule has 0 spiro atoms. The number of aromatic amines is 1. The second kappa shape index (κ2) is 10.2. The van der Waals surface area contributed by atoms with Crippen molar-refractivity contribution >= 4 is 39.6 Å². The Morgan fingerprint density at radius 3 is 2.55 bits per heavy atom. The van der Waals surface area contributed by atoms with Crippen molar-refractivity contribution in [1.29, 1.82) is 0 Å². The molecule has 0 saturated heterocycles. The highest BCUT2D eigenvalue weighted by atomic mass is 35.5. The number of aromatic nitrogens is 2. The molecule has 1 N–H and O–H groups in total. The molecule has 0 amide bonds. The van der Waals surface area contributed by atoms with Crippen molar-refractivity contribution in [3.63, 3.8) is 0 Å². The van der Waals surface area contributed by atoms with E-state index in [9.17, 15) is 4.79 Å². The van der Waals surface area contributed by atoms with E-state index in [-0.39, 0.29) is 12.5 Å². The van der Waals surface area contributed by atoms with Gasteiger partial charge in [-0.25, -0.2) is 9.78 Å². The SMILES string of the molecule is CCOC(=O)Oc1ncc2[nH]c3cccc(Cc4ccccc4Cl)c3c2c1C(OC)OCC. The number of benzene rings is 2. The zero-order chi connectivity index (χ0) is 23.4. The van der Waals surface area contributed by atoms with Crippen LogP contribution in [-0.2, 0) is 20.6 Å². The number of hydrogen-bond acceptors (Lipinski definition) is 6. The van der Waals surface area contributed by atoms with Crippen molar-refractivity contribution in [1.82, 2.24) is 9.97 Å². The summed E-state index contributed by atoms with van der Waals surface area (Å²) >= 11 is 6.45. The van der Waals surface area contributed by atoms with E-state index in [0.717, 1.165) is 32.9 Å². The zero-order valence-corrected chi connectivity index (χ0v) is 19.4. The number of nitrogens with zero attached hydrogens (tertiary/aromatic N) is 1. The number of hydrogen-bond donors (Lipinski definition) is 1. The maximum absolute atomic E-state index is 12.1. The third kappa shape index (κ3) is 4.66. The number of pyridine rings is 1. The fourth-order valence-electron chi connectivity index (χ4n) is 3.96. The Labute approximate surface area is 196 Å². The summed E-state index contributed by atoms with van der Waals surface area (Å²) in [6.45, 7) is 4.15. The molecule has 0 fully saturated rings. The Balaban J connectivity index is 1.97. The van der Waals surface area contributed by atoms with Gasteiger partial charge in [-0.15, -0.1) is 0 Å². The van der Waals surface area contributed by atoms with Crippen LogP contribution in [0.1, 0.15) is 36.8 Å². The van der Waals surface area contributed by atoms with Gasteiger partial charge in [0.15, 0.2) is 6.29 Å². The van der Waals surface area contributed by atoms with Crippen LogP contribution in [-0.4, -0.2) is 36.4 Å². The molecule has 0 radical (unpaired) electrons. The van der Waals surface area contributed by atoms with Crippen LogP contribution in [0.5, 0.6) is 5.88 Å². The highest BCUT2D eigenvalue weighted by Gasteiger charge is 2.26. The van der Waals surface area contributed by atoms with Gasteiger partial charge in [0, 0.05) is 35.0 Å². The van der Waals surface area contributed by atoms with Crippen LogP contribution in [0.4, 0.5) is 4.79 Å². The Bertz CT molecular complexity index is 1290. The molecule has 172 valence electrons. The van der Waals surface area contributed by atoms with E-state index in [0.29, 0.717) is 23.6 Å². The molecule has 33 heavy (non-hydrogen) atoms. The smallest absolute Gasteiger partial charge is 0.434 e. The molecule has 0 saturated carbocycles.